The normalized spacial score (nSPS) is 12.3. The van der Waals surface area contributed by atoms with Crippen molar-refractivity contribution < 1.29 is 4.79 Å². The first-order valence-corrected chi connectivity index (χ1v) is 8.19. The molecule has 114 valence electrons. The van der Waals surface area contributed by atoms with Crippen molar-refractivity contribution in [1.29, 1.82) is 0 Å². The molecule has 0 radical (unpaired) electrons. The number of nitrogens with one attached hydrogen (secondary N) is 1. The molecule has 0 aliphatic rings. The number of amides is 1. The zero-order chi connectivity index (χ0) is 15.9. The molecule has 0 aliphatic carbocycles. The van der Waals surface area contributed by atoms with Gasteiger partial charge in [0.1, 0.15) is 0 Å². The van der Waals surface area contributed by atoms with Gasteiger partial charge in [-0.3, -0.25) is 4.79 Å². The molecule has 6 heteroatoms. The van der Waals surface area contributed by atoms with E-state index in [0.29, 0.717) is 10.0 Å². The van der Waals surface area contributed by atoms with Crippen LogP contribution in [-0.2, 0) is 4.79 Å². The molecule has 2 aromatic rings. The van der Waals surface area contributed by atoms with Crippen LogP contribution in [0.4, 0.5) is 0 Å². The van der Waals surface area contributed by atoms with E-state index < -0.39 is 0 Å². The van der Waals surface area contributed by atoms with Gasteiger partial charge in [-0.25, -0.2) is 5.43 Å². The Bertz CT molecular complexity index is 677. The molecule has 0 bridgehead atoms. The maximum absolute atomic E-state index is 12.0. The Morgan fingerprint density at radius 3 is 2.59 bits per heavy atom. The fourth-order valence-corrected chi connectivity index (χ4v) is 2.80. The number of hydrogen-bond acceptors (Lipinski definition) is 3. The number of rotatable bonds is 5. The lowest BCUT2D eigenvalue weighted by Crippen LogP contribution is -2.26. The molecule has 2 rings (SSSR count). The summed E-state index contributed by atoms with van der Waals surface area (Å²) in [5.74, 6) is -0.162. The number of carbonyl (C=O) groups excluding carboxylic acids is 1. The Balaban J connectivity index is 1.88. The molecule has 0 saturated carbocycles. The van der Waals surface area contributed by atoms with Crippen LogP contribution in [0.25, 0.3) is 0 Å². The van der Waals surface area contributed by atoms with E-state index in [2.05, 4.69) is 10.5 Å². The topological polar surface area (TPSA) is 41.5 Å². The van der Waals surface area contributed by atoms with Gasteiger partial charge in [0.25, 0.3) is 5.91 Å². The zero-order valence-corrected chi connectivity index (χ0v) is 14.1. The van der Waals surface area contributed by atoms with Crippen LogP contribution in [0.5, 0.6) is 0 Å². The number of halogens is 2. The van der Waals surface area contributed by atoms with Gasteiger partial charge in [-0.1, -0.05) is 47.5 Å². The van der Waals surface area contributed by atoms with E-state index in [-0.39, 0.29) is 11.2 Å². The number of carbonyl (C=O) groups is 1. The fraction of sp³-hybridized carbons (Fsp3) is 0.125. The molecule has 2 aromatic carbocycles. The summed E-state index contributed by atoms with van der Waals surface area (Å²) >= 11 is 13.2. The molecule has 0 aromatic heterocycles. The first kappa shape index (κ1) is 16.9. The third-order valence-electron chi connectivity index (χ3n) is 2.76. The van der Waals surface area contributed by atoms with Crippen LogP contribution in [0.2, 0.25) is 10.0 Å². The minimum Gasteiger partial charge on any atom is -0.272 e. The van der Waals surface area contributed by atoms with Gasteiger partial charge in [0, 0.05) is 4.90 Å². The molecule has 1 N–H and O–H groups in total. The summed E-state index contributed by atoms with van der Waals surface area (Å²) in [6, 6.07) is 14.9. The smallest absolute Gasteiger partial charge is 0.253 e. The number of hydrazone groups is 1. The quantitative estimate of drug-likeness (QED) is 0.484. The number of nitrogens with zero attached hydrogens (tertiary/aromatic N) is 1. The van der Waals surface area contributed by atoms with Crippen molar-refractivity contribution in [3.63, 3.8) is 0 Å². The zero-order valence-electron chi connectivity index (χ0n) is 11.8. The van der Waals surface area contributed by atoms with E-state index in [1.165, 1.54) is 18.0 Å². The highest BCUT2D eigenvalue weighted by molar-refractivity contribution is 8.00. The van der Waals surface area contributed by atoms with Crippen LogP contribution in [0.3, 0.4) is 0 Å². The molecule has 1 amide bonds. The summed E-state index contributed by atoms with van der Waals surface area (Å²) in [5.41, 5.74) is 3.28. The SMILES string of the molecule is CC(Sc1ccccc1)C(=O)N/N=C/c1ccc(Cl)c(Cl)c1. The highest BCUT2D eigenvalue weighted by Gasteiger charge is 2.13. The van der Waals surface area contributed by atoms with Gasteiger partial charge in [0.2, 0.25) is 0 Å². The predicted octanol–water partition coefficient (Wildman–Crippen LogP) is 4.62. The molecule has 3 nitrogen and oxygen atoms in total. The molecular formula is C16H14Cl2N2OS. The lowest BCUT2D eigenvalue weighted by atomic mass is 10.2. The van der Waals surface area contributed by atoms with Crippen LogP contribution in [-0.4, -0.2) is 17.4 Å². The Kier molecular flexibility index (Phi) is 6.31. The molecule has 0 heterocycles. The standard InChI is InChI=1S/C16H14Cl2N2OS/c1-11(22-13-5-3-2-4-6-13)16(21)20-19-10-12-7-8-14(17)15(18)9-12/h2-11H,1H3,(H,20,21)/b19-10+. The van der Waals surface area contributed by atoms with Crippen LogP contribution in [0.1, 0.15) is 12.5 Å². The first-order valence-electron chi connectivity index (χ1n) is 6.56. The van der Waals surface area contributed by atoms with E-state index in [1.807, 2.05) is 37.3 Å². The van der Waals surface area contributed by atoms with Gasteiger partial charge in [-0.05, 0) is 36.8 Å². The van der Waals surface area contributed by atoms with Crippen molar-refractivity contribution >= 4 is 47.1 Å². The Morgan fingerprint density at radius 2 is 1.91 bits per heavy atom. The van der Waals surface area contributed by atoms with Crippen molar-refractivity contribution in [2.45, 2.75) is 17.1 Å². The van der Waals surface area contributed by atoms with Crippen molar-refractivity contribution in [1.82, 2.24) is 5.43 Å². The molecule has 0 fully saturated rings. The van der Waals surface area contributed by atoms with Gasteiger partial charge >= 0.3 is 0 Å². The van der Waals surface area contributed by atoms with E-state index >= 15 is 0 Å². The average molecular weight is 353 g/mol. The van der Waals surface area contributed by atoms with Crippen molar-refractivity contribution in [3.8, 4) is 0 Å². The Hall–Kier alpha value is -1.49. The van der Waals surface area contributed by atoms with E-state index in [0.717, 1.165) is 10.5 Å². The molecule has 22 heavy (non-hydrogen) atoms. The number of hydrogen-bond donors (Lipinski definition) is 1. The van der Waals surface area contributed by atoms with E-state index in [1.54, 1.807) is 18.2 Å². The number of benzene rings is 2. The van der Waals surface area contributed by atoms with Crippen molar-refractivity contribution in [2.75, 3.05) is 0 Å². The average Bonchev–Trinajstić information content (AvgIpc) is 2.51. The lowest BCUT2D eigenvalue weighted by Gasteiger charge is -2.09. The maximum atomic E-state index is 12.0. The highest BCUT2D eigenvalue weighted by atomic mass is 35.5. The van der Waals surface area contributed by atoms with E-state index in [9.17, 15) is 4.79 Å². The maximum Gasteiger partial charge on any atom is 0.253 e. The largest absolute Gasteiger partial charge is 0.272 e. The van der Waals surface area contributed by atoms with Crippen molar-refractivity contribution in [3.05, 3.63) is 64.1 Å². The monoisotopic (exact) mass is 352 g/mol. The lowest BCUT2D eigenvalue weighted by molar-refractivity contribution is -0.120. The Labute approximate surface area is 143 Å². The minimum atomic E-state index is -0.242. The second kappa shape index (κ2) is 8.22. The van der Waals surface area contributed by atoms with Gasteiger partial charge in [-0.2, -0.15) is 5.10 Å². The predicted molar refractivity (Wildman–Crippen MR) is 94.0 cm³/mol. The van der Waals surface area contributed by atoms with E-state index in [4.69, 9.17) is 23.2 Å². The van der Waals surface area contributed by atoms with Crippen LogP contribution < -0.4 is 5.43 Å². The summed E-state index contributed by atoms with van der Waals surface area (Å²) in [7, 11) is 0. The third kappa shape index (κ3) is 5.05. The second-order valence-electron chi connectivity index (χ2n) is 4.48. The fourth-order valence-electron chi connectivity index (χ4n) is 1.61. The van der Waals surface area contributed by atoms with Crippen molar-refractivity contribution in [2.24, 2.45) is 5.10 Å². The minimum absolute atomic E-state index is 0.162. The third-order valence-corrected chi connectivity index (χ3v) is 4.61. The molecule has 0 aliphatic heterocycles. The molecule has 1 unspecified atom stereocenters. The molecule has 0 spiro atoms. The summed E-state index contributed by atoms with van der Waals surface area (Å²) in [5, 5.41) is 4.62. The first-order chi connectivity index (χ1) is 10.6. The van der Waals surface area contributed by atoms with Crippen LogP contribution in [0.15, 0.2) is 58.5 Å². The summed E-state index contributed by atoms with van der Waals surface area (Å²) < 4.78 is 0. The summed E-state index contributed by atoms with van der Waals surface area (Å²) in [6.45, 7) is 1.83. The highest BCUT2D eigenvalue weighted by Crippen LogP contribution is 2.23. The second-order valence-corrected chi connectivity index (χ2v) is 6.71. The summed E-state index contributed by atoms with van der Waals surface area (Å²) in [6.07, 6.45) is 1.53. The van der Waals surface area contributed by atoms with Gasteiger partial charge in [0.05, 0.1) is 21.5 Å². The molecular weight excluding hydrogens is 339 g/mol. The van der Waals surface area contributed by atoms with Gasteiger partial charge < -0.3 is 0 Å². The van der Waals surface area contributed by atoms with Crippen LogP contribution in [0, 0.1) is 0 Å². The molecule has 0 saturated heterocycles. The Morgan fingerprint density at radius 1 is 1.18 bits per heavy atom. The summed E-state index contributed by atoms with van der Waals surface area (Å²) in [4.78, 5) is 13.0. The van der Waals surface area contributed by atoms with Crippen LogP contribution >= 0.6 is 35.0 Å². The molecule has 1 atom stereocenters. The number of thioether (sulfide) groups is 1. The van der Waals surface area contributed by atoms with Gasteiger partial charge in [0.15, 0.2) is 0 Å². The van der Waals surface area contributed by atoms with Gasteiger partial charge in [-0.15, -0.1) is 11.8 Å².